The van der Waals surface area contributed by atoms with Crippen LogP contribution in [0.25, 0.3) is 10.9 Å². The largest absolute Gasteiger partial charge is 0.493 e. The SMILES string of the molecule is COc1cc2ncnc(Nc3ccc(F)c(Cl)c3)c2cc1OCC(=O)N1CCN(c2ccccc2)CC1. The van der Waals surface area contributed by atoms with E-state index < -0.39 is 5.82 Å². The fraction of sp³-hybridized carbons (Fsp3) is 0.222. The smallest absolute Gasteiger partial charge is 0.260 e. The summed E-state index contributed by atoms with van der Waals surface area (Å²) in [6, 6.07) is 17.9. The number of hydrogen-bond donors (Lipinski definition) is 1. The number of hydrogen-bond acceptors (Lipinski definition) is 7. The number of anilines is 3. The number of nitrogens with one attached hydrogen (secondary N) is 1. The fourth-order valence-electron chi connectivity index (χ4n) is 4.23. The third-order valence-electron chi connectivity index (χ3n) is 6.21. The zero-order valence-corrected chi connectivity index (χ0v) is 20.9. The van der Waals surface area contributed by atoms with E-state index >= 15 is 0 Å². The number of fused-ring (bicyclic) bond motifs is 1. The number of carbonyl (C=O) groups is 1. The van der Waals surface area contributed by atoms with Gasteiger partial charge in [-0.1, -0.05) is 29.8 Å². The molecular weight excluding hydrogens is 497 g/mol. The number of nitrogens with zero attached hydrogens (tertiary/aromatic N) is 4. The summed E-state index contributed by atoms with van der Waals surface area (Å²) in [7, 11) is 1.53. The minimum Gasteiger partial charge on any atom is -0.493 e. The van der Waals surface area contributed by atoms with Crippen molar-refractivity contribution in [3.8, 4) is 11.5 Å². The molecule has 4 aromatic rings. The highest BCUT2D eigenvalue weighted by atomic mass is 35.5. The normalized spacial score (nSPS) is 13.5. The van der Waals surface area contributed by atoms with Crippen LogP contribution in [0.2, 0.25) is 5.02 Å². The second-order valence-electron chi connectivity index (χ2n) is 8.49. The van der Waals surface area contributed by atoms with Gasteiger partial charge in [0.05, 0.1) is 17.6 Å². The molecule has 0 unspecified atom stereocenters. The molecule has 0 bridgehead atoms. The molecule has 0 saturated carbocycles. The highest BCUT2D eigenvalue weighted by molar-refractivity contribution is 6.31. The highest BCUT2D eigenvalue weighted by Gasteiger charge is 2.22. The molecule has 3 aromatic carbocycles. The van der Waals surface area contributed by atoms with Gasteiger partial charge in [0.2, 0.25) is 0 Å². The first-order valence-electron chi connectivity index (χ1n) is 11.8. The van der Waals surface area contributed by atoms with E-state index in [4.69, 9.17) is 21.1 Å². The Hall–Kier alpha value is -4.11. The minimum atomic E-state index is -0.508. The Balaban J connectivity index is 1.29. The average molecular weight is 522 g/mol. The molecule has 1 aliphatic rings. The standard InChI is InChI=1S/C27H25ClFN5O3/c1-36-24-15-23-20(27(31-17-30-23)32-18-7-8-22(29)21(28)13-18)14-25(24)37-16-26(35)34-11-9-33(10-12-34)19-5-3-2-4-6-19/h2-8,13-15,17H,9-12,16H2,1H3,(H,30,31,32). The van der Waals surface area contributed by atoms with Crippen molar-refractivity contribution >= 4 is 45.6 Å². The number of para-hydroxylation sites is 1. The first-order chi connectivity index (χ1) is 18.0. The lowest BCUT2D eigenvalue weighted by atomic mass is 10.2. The van der Waals surface area contributed by atoms with Gasteiger partial charge in [-0.25, -0.2) is 14.4 Å². The molecule has 1 fully saturated rings. The topological polar surface area (TPSA) is 79.8 Å². The second-order valence-corrected chi connectivity index (χ2v) is 8.90. The summed E-state index contributed by atoms with van der Waals surface area (Å²) in [5.74, 6) is 0.707. The predicted molar refractivity (Wildman–Crippen MR) is 142 cm³/mol. The van der Waals surface area contributed by atoms with Crippen molar-refractivity contribution in [1.29, 1.82) is 0 Å². The van der Waals surface area contributed by atoms with Gasteiger partial charge in [-0.05, 0) is 36.4 Å². The summed E-state index contributed by atoms with van der Waals surface area (Å²) in [4.78, 5) is 25.6. The van der Waals surface area contributed by atoms with Gasteiger partial charge in [0, 0.05) is 49.0 Å². The predicted octanol–water partition coefficient (Wildman–Crippen LogP) is 4.90. The van der Waals surface area contributed by atoms with Gasteiger partial charge in [0.1, 0.15) is 18.0 Å². The van der Waals surface area contributed by atoms with Crippen LogP contribution in [0.3, 0.4) is 0 Å². The summed E-state index contributed by atoms with van der Waals surface area (Å²) in [5.41, 5.74) is 2.33. The molecule has 1 amide bonds. The summed E-state index contributed by atoms with van der Waals surface area (Å²) in [6.07, 6.45) is 1.41. The third-order valence-corrected chi connectivity index (χ3v) is 6.50. The maximum absolute atomic E-state index is 13.6. The number of methoxy groups -OCH3 is 1. The van der Waals surface area contributed by atoms with Gasteiger partial charge < -0.3 is 24.6 Å². The molecule has 37 heavy (non-hydrogen) atoms. The molecule has 190 valence electrons. The van der Waals surface area contributed by atoms with Crippen molar-refractivity contribution in [2.24, 2.45) is 0 Å². The number of amides is 1. The number of carbonyl (C=O) groups excluding carboxylic acids is 1. The maximum atomic E-state index is 13.6. The zero-order valence-electron chi connectivity index (χ0n) is 20.2. The average Bonchev–Trinajstić information content (AvgIpc) is 2.94. The molecule has 0 spiro atoms. The van der Waals surface area contributed by atoms with E-state index in [9.17, 15) is 9.18 Å². The molecule has 5 rings (SSSR count). The van der Waals surface area contributed by atoms with E-state index in [1.54, 1.807) is 23.1 Å². The van der Waals surface area contributed by atoms with Crippen LogP contribution >= 0.6 is 11.6 Å². The molecule has 1 aromatic heterocycles. The number of rotatable bonds is 7. The number of benzene rings is 3. The van der Waals surface area contributed by atoms with E-state index in [0.717, 1.165) is 18.8 Å². The van der Waals surface area contributed by atoms with E-state index in [1.165, 1.54) is 25.6 Å². The van der Waals surface area contributed by atoms with E-state index in [1.807, 2.05) is 18.2 Å². The Morgan fingerprint density at radius 1 is 1.03 bits per heavy atom. The Morgan fingerprint density at radius 3 is 2.54 bits per heavy atom. The van der Waals surface area contributed by atoms with Crippen LogP contribution in [0.1, 0.15) is 0 Å². The molecule has 8 nitrogen and oxygen atoms in total. The van der Waals surface area contributed by atoms with Crippen molar-refractivity contribution in [3.63, 3.8) is 0 Å². The van der Waals surface area contributed by atoms with E-state index in [-0.39, 0.29) is 17.5 Å². The van der Waals surface area contributed by atoms with Crippen molar-refractivity contribution < 1.29 is 18.7 Å². The molecule has 10 heteroatoms. The minimum absolute atomic E-state index is 0.00262. The molecule has 0 atom stereocenters. The second kappa shape index (κ2) is 10.9. The lowest BCUT2D eigenvalue weighted by Crippen LogP contribution is -2.50. The van der Waals surface area contributed by atoms with Gasteiger partial charge in [-0.15, -0.1) is 0 Å². The monoisotopic (exact) mass is 521 g/mol. The Bertz CT molecular complexity index is 1410. The van der Waals surface area contributed by atoms with Crippen LogP contribution in [-0.4, -0.2) is 60.7 Å². The Kier molecular flexibility index (Phi) is 7.23. The summed E-state index contributed by atoms with van der Waals surface area (Å²) < 4.78 is 25.0. The molecule has 1 N–H and O–H groups in total. The fourth-order valence-corrected chi connectivity index (χ4v) is 4.41. The Labute approximate surface area is 218 Å². The van der Waals surface area contributed by atoms with Crippen molar-refractivity contribution in [2.45, 2.75) is 0 Å². The van der Waals surface area contributed by atoms with E-state index in [2.05, 4.69) is 32.3 Å². The zero-order chi connectivity index (χ0) is 25.8. The number of piperazine rings is 1. The quantitative estimate of drug-likeness (QED) is 0.370. The van der Waals surface area contributed by atoms with Crippen LogP contribution in [0.5, 0.6) is 11.5 Å². The third kappa shape index (κ3) is 5.51. The van der Waals surface area contributed by atoms with Crippen LogP contribution < -0.4 is 19.7 Å². The molecular formula is C27H25ClFN5O3. The lowest BCUT2D eigenvalue weighted by Gasteiger charge is -2.36. The van der Waals surface area contributed by atoms with Gasteiger partial charge in [0.15, 0.2) is 18.1 Å². The number of halogens is 2. The van der Waals surface area contributed by atoms with Crippen LogP contribution in [0.15, 0.2) is 67.0 Å². The van der Waals surface area contributed by atoms with Crippen molar-refractivity contribution in [3.05, 3.63) is 77.8 Å². The summed E-state index contributed by atoms with van der Waals surface area (Å²) in [5, 5.41) is 3.77. The molecule has 1 saturated heterocycles. The molecule has 0 aliphatic carbocycles. The van der Waals surface area contributed by atoms with Crippen LogP contribution in [0.4, 0.5) is 21.6 Å². The summed E-state index contributed by atoms with van der Waals surface area (Å²) >= 11 is 5.91. The van der Waals surface area contributed by atoms with Crippen LogP contribution in [-0.2, 0) is 4.79 Å². The Morgan fingerprint density at radius 2 is 1.81 bits per heavy atom. The maximum Gasteiger partial charge on any atom is 0.260 e. The number of ether oxygens (including phenoxy) is 2. The van der Waals surface area contributed by atoms with Gasteiger partial charge in [-0.3, -0.25) is 4.79 Å². The molecule has 0 radical (unpaired) electrons. The van der Waals surface area contributed by atoms with Crippen LogP contribution in [0, 0.1) is 5.82 Å². The first-order valence-corrected chi connectivity index (χ1v) is 12.1. The van der Waals surface area contributed by atoms with Crippen molar-refractivity contribution in [1.82, 2.24) is 14.9 Å². The lowest BCUT2D eigenvalue weighted by molar-refractivity contribution is -0.133. The molecule has 2 heterocycles. The highest BCUT2D eigenvalue weighted by Crippen LogP contribution is 2.35. The van der Waals surface area contributed by atoms with Gasteiger partial charge in [-0.2, -0.15) is 0 Å². The molecule has 1 aliphatic heterocycles. The van der Waals surface area contributed by atoms with Gasteiger partial charge in [0.25, 0.3) is 5.91 Å². The van der Waals surface area contributed by atoms with Crippen molar-refractivity contribution in [2.75, 3.05) is 50.1 Å². The van der Waals surface area contributed by atoms with E-state index in [0.29, 0.717) is 47.0 Å². The van der Waals surface area contributed by atoms with Gasteiger partial charge >= 0.3 is 0 Å². The number of aromatic nitrogens is 2. The summed E-state index contributed by atoms with van der Waals surface area (Å²) in [6.45, 7) is 2.63. The first kappa shape index (κ1) is 24.6.